The number of halogens is 2. The van der Waals surface area contributed by atoms with Gasteiger partial charge in [-0.05, 0) is 40.5 Å². The highest BCUT2D eigenvalue weighted by molar-refractivity contribution is 9.10. The number of nitrogens with zero attached hydrogens (tertiary/aromatic N) is 2. The molecule has 0 saturated heterocycles. The normalized spacial score (nSPS) is 10.8. The molecule has 1 aromatic carbocycles. The molecule has 2 aromatic rings. The highest BCUT2D eigenvalue weighted by Crippen LogP contribution is 2.20. The lowest BCUT2D eigenvalue weighted by Crippen LogP contribution is -2.00. The lowest BCUT2D eigenvalue weighted by molar-refractivity contribution is 0.625. The summed E-state index contributed by atoms with van der Waals surface area (Å²) in [6.07, 6.45) is 0.676. The number of aryl methyl sites for hydroxylation is 1. The second-order valence-electron chi connectivity index (χ2n) is 3.76. The van der Waals surface area contributed by atoms with Crippen molar-refractivity contribution in [3.8, 4) is 0 Å². The van der Waals surface area contributed by atoms with Crippen molar-refractivity contribution < 1.29 is 4.39 Å². The van der Waals surface area contributed by atoms with Crippen LogP contribution in [0.2, 0.25) is 0 Å². The van der Waals surface area contributed by atoms with Crippen molar-refractivity contribution in [1.82, 2.24) is 9.55 Å². The molecule has 0 aliphatic carbocycles. The molecule has 0 atom stereocenters. The van der Waals surface area contributed by atoms with Gasteiger partial charge in [0.05, 0.1) is 5.69 Å². The molecule has 0 unspecified atom stereocenters. The number of hydrogen-bond donors (Lipinski definition) is 0. The number of aromatic nitrogens is 2. The third kappa shape index (κ3) is 2.16. The van der Waals surface area contributed by atoms with E-state index < -0.39 is 0 Å². The fourth-order valence-corrected chi connectivity index (χ4v) is 2.31. The van der Waals surface area contributed by atoms with Gasteiger partial charge in [0.25, 0.3) is 0 Å². The summed E-state index contributed by atoms with van der Waals surface area (Å²) in [5.41, 5.74) is 2.01. The summed E-state index contributed by atoms with van der Waals surface area (Å²) in [6.45, 7) is 1.94. The Morgan fingerprint density at radius 3 is 2.75 bits per heavy atom. The monoisotopic (exact) mass is 282 g/mol. The van der Waals surface area contributed by atoms with Crippen molar-refractivity contribution in [3.63, 3.8) is 0 Å². The Morgan fingerprint density at radius 1 is 1.44 bits per heavy atom. The summed E-state index contributed by atoms with van der Waals surface area (Å²) in [7, 11) is 1.96. The summed E-state index contributed by atoms with van der Waals surface area (Å²) in [4.78, 5) is 4.32. The van der Waals surface area contributed by atoms with E-state index in [1.807, 2.05) is 24.6 Å². The minimum atomic E-state index is -0.201. The zero-order valence-electron chi connectivity index (χ0n) is 9.17. The van der Waals surface area contributed by atoms with Crippen LogP contribution in [0.15, 0.2) is 28.9 Å². The average molecular weight is 283 g/mol. The van der Waals surface area contributed by atoms with Crippen molar-refractivity contribution in [3.05, 3.63) is 51.8 Å². The maximum absolute atomic E-state index is 13.0. The topological polar surface area (TPSA) is 17.8 Å². The van der Waals surface area contributed by atoms with E-state index in [0.29, 0.717) is 6.42 Å². The molecular weight excluding hydrogens is 271 g/mol. The van der Waals surface area contributed by atoms with Crippen LogP contribution in [0.5, 0.6) is 0 Å². The van der Waals surface area contributed by atoms with E-state index in [1.165, 1.54) is 6.07 Å². The minimum absolute atomic E-state index is 0.201. The number of hydrogen-bond acceptors (Lipinski definition) is 1. The van der Waals surface area contributed by atoms with E-state index in [9.17, 15) is 4.39 Å². The Bertz CT molecular complexity index is 520. The van der Waals surface area contributed by atoms with Gasteiger partial charge in [0, 0.05) is 13.5 Å². The maximum Gasteiger partial charge on any atom is 0.127 e. The molecule has 16 heavy (non-hydrogen) atoms. The zero-order chi connectivity index (χ0) is 11.7. The van der Waals surface area contributed by atoms with Crippen LogP contribution in [0.4, 0.5) is 4.39 Å². The van der Waals surface area contributed by atoms with Crippen LogP contribution in [-0.4, -0.2) is 9.55 Å². The maximum atomic E-state index is 13.0. The summed E-state index contributed by atoms with van der Waals surface area (Å²) in [5.74, 6) is 0.741. The van der Waals surface area contributed by atoms with Gasteiger partial charge in [0.15, 0.2) is 0 Å². The van der Waals surface area contributed by atoms with E-state index in [2.05, 4.69) is 20.9 Å². The molecule has 0 fully saturated rings. The Morgan fingerprint density at radius 2 is 2.19 bits per heavy atom. The largest absolute Gasteiger partial charge is 0.334 e. The summed E-state index contributed by atoms with van der Waals surface area (Å²) in [5, 5.41) is 0. The van der Waals surface area contributed by atoms with E-state index >= 15 is 0 Å². The van der Waals surface area contributed by atoms with Gasteiger partial charge in [-0.3, -0.25) is 0 Å². The Balaban J connectivity index is 2.34. The fourth-order valence-electron chi connectivity index (χ4n) is 1.65. The molecule has 0 spiro atoms. The van der Waals surface area contributed by atoms with Crippen LogP contribution in [0.25, 0.3) is 0 Å². The highest BCUT2D eigenvalue weighted by Gasteiger charge is 2.10. The van der Waals surface area contributed by atoms with Crippen LogP contribution in [0, 0.1) is 12.7 Å². The molecule has 0 aliphatic rings. The molecular formula is C12H12BrFN2. The first-order valence-corrected chi connectivity index (χ1v) is 5.79. The van der Waals surface area contributed by atoms with Gasteiger partial charge in [0.1, 0.15) is 16.2 Å². The number of imidazole rings is 1. The second kappa shape index (κ2) is 4.37. The van der Waals surface area contributed by atoms with Gasteiger partial charge in [-0.25, -0.2) is 9.37 Å². The lowest BCUT2D eigenvalue weighted by Gasteiger charge is -2.04. The van der Waals surface area contributed by atoms with Crippen molar-refractivity contribution in [1.29, 1.82) is 0 Å². The van der Waals surface area contributed by atoms with Gasteiger partial charge < -0.3 is 4.57 Å². The average Bonchev–Trinajstić information content (AvgIpc) is 2.45. The lowest BCUT2D eigenvalue weighted by atomic mass is 10.1. The van der Waals surface area contributed by atoms with Gasteiger partial charge >= 0.3 is 0 Å². The predicted octanol–water partition coefficient (Wildman–Crippen LogP) is 3.22. The van der Waals surface area contributed by atoms with E-state index in [4.69, 9.17) is 0 Å². The molecule has 4 heteroatoms. The molecule has 84 valence electrons. The summed E-state index contributed by atoms with van der Waals surface area (Å²) >= 11 is 3.42. The standard InChI is InChI=1S/C12H12BrFN2/c1-8-15-12(13)11(16(8)2)7-9-4-3-5-10(14)6-9/h3-6H,7H2,1-2H3. The van der Waals surface area contributed by atoms with Crippen molar-refractivity contribution >= 4 is 15.9 Å². The first kappa shape index (κ1) is 11.3. The zero-order valence-corrected chi connectivity index (χ0v) is 10.8. The first-order chi connectivity index (χ1) is 7.58. The molecule has 1 aromatic heterocycles. The molecule has 0 radical (unpaired) electrons. The SMILES string of the molecule is Cc1nc(Br)c(Cc2cccc(F)c2)n1C. The Hall–Kier alpha value is -1.16. The summed E-state index contributed by atoms with van der Waals surface area (Å²) in [6, 6.07) is 6.64. The predicted molar refractivity (Wildman–Crippen MR) is 64.9 cm³/mol. The van der Waals surface area contributed by atoms with Gasteiger partial charge in [-0.1, -0.05) is 12.1 Å². The molecule has 0 saturated carbocycles. The molecule has 1 heterocycles. The quantitative estimate of drug-likeness (QED) is 0.827. The van der Waals surface area contributed by atoms with Crippen LogP contribution in [-0.2, 0) is 13.5 Å². The van der Waals surface area contributed by atoms with Crippen LogP contribution < -0.4 is 0 Å². The van der Waals surface area contributed by atoms with Crippen molar-refractivity contribution in [2.75, 3.05) is 0 Å². The molecule has 0 bridgehead atoms. The number of rotatable bonds is 2. The van der Waals surface area contributed by atoms with Gasteiger partial charge in [0.2, 0.25) is 0 Å². The van der Waals surface area contributed by atoms with Crippen molar-refractivity contribution in [2.45, 2.75) is 13.3 Å². The van der Waals surface area contributed by atoms with E-state index in [0.717, 1.165) is 21.7 Å². The molecule has 2 rings (SSSR count). The highest BCUT2D eigenvalue weighted by atomic mass is 79.9. The molecule has 0 N–H and O–H groups in total. The molecule has 2 nitrogen and oxygen atoms in total. The Kier molecular flexibility index (Phi) is 3.10. The smallest absolute Gasteiger partial charge is 0.127 e. The fraction of sp³-hybridized carbons (Fsp3) is 0.250. The summed E-state index contributed by atoms with van der Waals surface area (Å²) < 4.78 is 15.9. The van der Waals surface area contributed by atoms with Gasteiger partial charge in [-0.2, -0.15) is 0 Å². The first-order valence-electron chi connectivity index (χ1n) is 5.00. The van der Waals surface area contributed by atoms with Crippen LogP contribution >= 0.6 is 15.9 Å². The minimum Gasteiger partial charge on any atom is -0.334 e. The van der Waals surface area contributed by atoms with E-state index in [1.54, 1.807) is 12.1 Å². The number of benzene rings is 1. The van der Waals surface area contributed by atoms with Crippen LogP contribution in [0.1, 0.15) is 17.1 Å². The third-order valence-corrected chi connectivity index (χ3v) is 3.28. The molecule has 0 amide bonds. The van der Waals surface area contributed by atoms with Crippen LogP contribution in [0.3, 0.4) is 0 Å². The van der Waals surface area contributed by atoms with Crippen molar-refractivity contribution in [2.24, 2.45) is 7.05 Å². The van der Waals surface area contributed by atoms with E-state index in [-0.39, 0.29) is 5.82 Å². The second-order valence-corrected chi connectivity index (χ2v) is 4.51. The Labute approximate surface area is 102 Å². The third-order valence-electron chi connectivity index (χ3n) is 2.65. The van der Waals surface area contributed by atoms with Gasteiger partial charge in [-0.15, -0.1) is 0 Å². The molecule has 0 aliphatic heterocycles.